The van der Waals surface area contributed by atoms with E-state index in [2.05, 4.69) is 20.5 Å². The molecule has 7 nitrogen and oxygen atoms in total. The van der Waals surface area contributed by atoms with Crippen LogP contribution in [0.5, 0.6) is 11.5 Å². The van der Waals surface area contributed by atoms with Gasteiger partial charge in [0.25, 0.3) is 5.91 Å². The van der Waals surface area contributed by atoms with Gasteiger partial charge in [-0.25, -0.2) is 4.98 Å². The number of benzene rings is 2. The predicted molar refractivity (Wildman–Crippen MR) is 126 cm³/mol. The molecule has 4 rings (SSSR count). The van der Waals surface area contributed by atoms with E-state index in [9.17, 15) is 4.79 Å². The smallest absolute Gasteiger partial charge is 0.269 e. The first-order valence-corrected chi connectivity index (χ1v) is 11.0. The van der Waals surface area contributed by atoms with E-state index >= 15 is 0 Å². The largest absolute Gasteiger partial charge is 0.497 e. The molecule has 0 aliphatic carbocycles. The van der Waals surface area contributed by atoms with Crippen molar-refractivity contribution in [2.45, 2.75) is 13.5 Å². The van der Waals surface area contributed by atoms with Gasteiger partial charge in [0.2, 0.25) is 0 Å². The molecule has 1 amide bonds. The molecule has 0 spiro atoms. The van der Waals surface area contributed by atoms with E-state index < -0.39 is 0 Å². The minimum atomic E-state index is -0.266. The Hall–Kier alpha value is -3.36. The first-order valence-electron chi connectivity index (χ1n) is 9.77. The third kappa shape index (κ3) is 4.46. The number of nitrogens with one attached hydrogen (secondary N) is 2. The molecule has 32 heavy (non-hydrogen) atoms. The molecule has 0 unspecified atom stereocenters. The number of hydrogen-bond acceptors (Lipinski definition) is 6. The monoisotopic (exact) mass is 468 g/mol. The van der Waals surface area contributed by atoms with Crippen molar-refractivity contribution in [2.75, 3.05) is 14.2 Å². The Balaban J connectivity index is 1.49. The summed E-state index contributed by atoms with van der Waals surface area (Å²) in [5.41, 5.74) is 3.39. The lowest BCUT2D eigenvalue weighted by molar-refractivity contribution is 0.0946. The summed E-state index contributed by atoms with van der Waals surface area (Å²) in [5, 5.41) is 11.5. The SMILES string of the molecule is COc1ccc(OC)c(-c2cc(C(=O)NCc3sc(-c4ccccc4Cl)nc3C)[nH]n2)c1. The van der Waals surface area contributed by atoms with Crippen molar-refractivity contribution in [3.8, 4) is 33.3 Å². The van der Waals surface area contributed by atoms with Crippen LogP contribution >= 0.6 is 22.9 Å². The summed E-state index contributed by atoms with van der Waals surface area (Å²) in [6.07, 6.45) is 0. The third-order valence-corrected chi connectivity index (χ3v) is 6.43. The molecular weight excluding hydrogens is 448 g/mol. The molecule has 0 fully saturated rings. The van der Waals surface area contributed by atoms with Crippen LogP contribution in [0.1, 0.15) is 21.1 Å². The number of aromatic amines is 1. The van der Waals surface area contributed by atoms with E-state index in [4.69, 9.17) is 21.1 Å². The van der Waals surface area contributed by atoms with Crippen molar-refractivity contribution in [3.63, 3.8) is 0 Å². The van der Waals surface area contributed by atoms with Gasteiger partial charge in [-0.1, -0.05) is 29.8 Å². The summed E-state index contributed by atoms with van der Waals surface area (Å²) in [4.78, 5) is 18.3. The Kier molecular flexibility index (Phi) is 6.43. The zero-order valence-electron chi connectivity index (χ0n) is 17.7. The van der Waals surface area contributed by atoms with Gasteiger partial charge in [0, 0.05) is 16.0 Å². The van der Waals surface area contributed by atoms with Gasteiger partial charge in [-0.3, -0.25) is 9.89 Å². The van der Waals surface area contributed by atoms with Gasteiger partial charge in [-0.2, -0.15) is 5.10 Å². The number of aromatic nitrogens is 3. The number of hydrogen-bond donors (Lipinski definition) is 2. The molecule has 0 bridgehead atoms. The maximum Gasteiger partial charge on any atom is 0.269 e. The first kappa shape index (κ1) is 21.9. The normalized spacial score (nSPS) is 10.8. The van der Waals surface area contributed by atoms with Crippen LogP contribution in [0.15, 0.2) is 48.5 Å². The Morgan fingerprint density at radius 2 is 1.94 bits per heavy atom. The second-order valence-electron chi connectivity index (χ2n) is 6.92. The lowest BCUT2D eigenvalue weighted by Crippen LogP contribution is -2.23. The second-order valence-corrected chi connectivity index (χ2v) is 8.41. The van der Waals surface area contributed by atoms with E-state index in [-0.39, 0.29) is 5.91 Å². The summed E-state index contributed by atoms with van der Waals surface area (Å²) < 4.78 is 10.7. The average molecular weight is 469 g/mol. The van der Waals surface area contributed by atoms with E-state index in [1.807, 2.05) is 37.3 Å². The zero-order valence-corrected chi connectivity index (χ0v) is 19.3. The second kappa shape index (κ2) is 9.42. The van der Waals surface area contributed by atoms with Gasteiger partial charge in [-0.15, -0.1) is 11.3 Å². The van der Waals surface area contributed by atoms with Crippen molar-refractivity contribution in [1.82, 2.24) is 20.5 Å². The summed E-state index contributed by atoms with van der Waals surface area (Å²) in [7, 11) is 3.17. The van der Waals surface area contributed by atoms with Crippen molar-refractivity contribution in [1.29, 1.82) is 0 Å². The Morgan fingerprint density at radius 1 is 1.12 bits per heavy atom. The van der Waals surface area contributed by atoms with Gasteiger partial charge in [-0.05, 0) is 37.3 Å². The Bertz CT molecular complexity index is 1270. The lowest BCUT2D eigenvalue weighted by Gasteiger charge is -2.08. The van der Waals surface area contributed by atoms with Crippen LogP contribution < -0.4 is 14.8 Å². The minimum Gasteiger partial charge on any atom is -0.497 e. The number of methoxy groups -OCH3 is 2. The molecule has 2 N–H and O–H groups in total. The highest BCUT2D eigenvalue weighted by atomic mass is 35.5. The molecular formula is C23H21ClN4O3S. The van der Waals surface area contributed by atoms with Crippen LogP contribution in [0, 0.1) is 6.92 Å². The number of rotatable bonds is 7. The molecule has 0 radical (unpaired) electrons. The number of H-pyrrole nitrogens is 1. The van der Waals surface area contributed by atoms with Gasteiger partial charge in [0.1, 0.15) is 22.2 Å². The van der Waals surface area contributed by atoms with Crippen molar-refractivity contribution < 1.29 is 14.3 Å². The molecule has 2 aromatic heterocycles. The van der Waals surface area contributed by atoms with E-state index in [1.54, 1.807) is 32.4 Å². The predicted octanol–water partition coefficient (Wildman–Crippen LogP) is 5.11. The number of halogens is 1. The number of aryl methyl sites for hydroxylation is 1. The highest BCUT2D eigenvalue weighted by Crippen LogP contribution is 2.34. The topological polar surface area (TPSA) is 89.1 Å². The van der Waals surface area contributed by atoms with Crippen LogP contribution in [0.25, 0.3) is 21.8 Å². The highest BCUT2D eigenvalue weighted by Gasteiger charge is 2.17. The number of nitrogens with zero attached hydrogens (tertiary/aromatic N) is 2. The zero-order chi connectivity index (χ0) is 22.7. The quantitative estimate of drug-likeness (QED) is 0.393. The summed E-state index contributed by atoms with van der Waals surface area (Å²) in [6, 6.07) is 14.7. The molecule has 2 aromatic carbocycles. The maximum absolute atomic E-state index is 12.7. The molecule has 0 aliphatic rings. The molecule has 164 valence electrons. The highest BCUT2D eigenvalue weighted by molar-refractivity contribution is 7.15. The van der Waals surface area contributed by atoms with Crippen molar-refractivity contribution >= 4 is 28.8 Å². The number of thiazole rings is 1. The number of amides is 1. The fourth-order valence-corrected chi connectivity index (χ4v) is 4.51. The van der Waals surface area contributed by atoms with E-state index in [0.717, 1.165) is 26.7 Å². The Labute approximate surface area is 194 Å². The molecule has 0 atom stereocenters. The fraction of sp³-hybridized carbons (Fsp3) is 0.174. The molecule has 0 saturated heterocycles. The Morgan fingerprint density at radius 3 is 2.69 bits per heavy atom. The van der Waals surface area contributed by atoms with Gasteiger partial charge >= 0.3 is 0 Å². The standard InChI is InChI=1S/C23H21ClN4O3S/c1-13-21(32-23(26-13)15-6-4-5-7-17(15)24)12-25-22(29)19-11-18(27-28-19)16-10-14(30-2)8-9-20(16)31-3/h4-11H,12H2,1-3H3,(H,25,29)(H,27,28). The van der Waals surface area contributed by atoms with E-state index in [0.29, 0.717) is 34.5 Å². The molecule has 0 aliphatic heterocycles. The summed E-state index contributed by atoms with van der Waals surface area (Å²) in [5.74, 6) is 1.04. The van der Waals surface area contributed by atoms with Crippen LogP contribution in [0.4, 0.5) is 0 Å². The van der Waals surface area contributed by atoms with Crippen LogP contribution in [-0.4, -0.2) is 35.3 Å². The maximum atomic E-state index is 12.7. The average Bonchev–Trinajstić information content (AvgIpc) is 3.44. The third-order valence-electron chi connectivity index (χ3n) is 4.91. The number of carbonyl (C=O) groups is 1. The first-order chi connectivity index (χ1) is 15.5. The molecule has 9 heteroatoms. The van der Waals surface area contributed by atoms with Crippen molar-refractivity contribution in [3.05, 3.63) is 69.8 Å². The van der Waals surface area contributed by atoms with Gasteiger partial charge in [0.15, 0.2) is 0 Å². The van der Waals surface area contributed by atoms with Gasteiger partial charge in [0.05, 0.1) is 37.2 Å². The number of carbonyl (C=O) groups excluding carboxylic acids is 1. The molecule has 4 aromatic rings. The van der Waals surface area contributed by atoms with Crippen LogP contribution in [0.2, 0.25) is 5.02 Å². The summed E-state index contributed by atoms with van der Waals surface area (Å²) in [6.45, 7) is 2.27. The van der Waals surface area contributed by atoms with Crippen LogP contribution in [0.3, 0.4) is 0 Å². The number of ether oxygens (including phenoxy) is 2. The minimum absolute atomic E-state index is 0.266. The summed E-state index contributed by atoms with van der Waals surface area (Å²) >= 11 is 7.80. The van der Waals surface area contributed by atoms with Crippen LogP contribution in [-0.2, 0) is 6.54 Å². The fourth-order valence-electron chi connectivity index (χ4n) is 3.19. The molecule has 2 heterocycles. The lowest BCUT2D eigenvalue weighted by atomic mass is 10.1. The van der Waals surface area contributed by atoms with Gasteiger partial charge < -0.3 is 14.8 Å². The van der Waals surface area contributed by atoms with E-state index in [1.165, 1.54) is 11.3 Å². The molecule has 0 saturated carbocycles. The van der Waals surface area contributed by atoms with Crippen molar-refractivity contribution in [2.24, 2.45) is 0 Å².